The van der Waals surface area contributed by atoms with Crippen LogP contribution in [0.4, 0.5) is 0 Å². The average Bonchev–Trinajstić information content (AvgIpc) is 2.36. The van der Waals surface area contributed by atoms with Gasteiger partial charge in [-0.15, -0.1) is 0 Å². The van der Waals surface area contributed by atoms with Gasteiger partial charge in [0.2, 0.25) is 5.91 Å². The molecule has 0 spiro atoms. The molecule has 17 heavy (non-hydrogen) atoms. The highest BCUT2D eigenvalue weighted by Crippen LogP contribution is 2.28. The van der Waals surface area contributed by atoms with E-state index in [4.69, 9.17) is 5.73 Å². The second-order valence-corrected chi connectivity index (χ2v) is 5.56. The summed E-state index contributed by atoms with van der Waals surface area (Å²) in [7, 11) is 0. The van der Waals surface area contributed by atoms with Gasteiger partial charge in [0.15, 0.2) is 0 Å². The van der Waals surface area contributed by atoms with Crippen LogP contribution in [0.25, 0.3) is 0 Å². The zero-order valence-electron chi connectivity index (χ0n) is 11.4. The third-order valence-corrected chi connectivity index (χ3v) is 4.16. The molecule has 3 heteroatoms. The van der Waals surface area contributed by atoms with Crippen LogP contribution in [0.15, 0.2) is 0 Å². The van der Waals surface area contributed by atoms with E-state index in [0.717, 1.165) is 19.5 Å². The van der Waals surface area contributed by atoms with E-state index in [9.17, 15) is 4.79 Å². The van der Waals surface area contributed by atoms with Crippen LogP contribution >= 0.6 is 0 Å². The summed E-state index contributed by atoms with van der Waals surface area (Å²) in [5.41, 5.74) is 5.79. The Morgan fingerprint density at radius 1 is 1.35 bits per heavy atom. The topological polar surface area (TPSA) is 55.1 Å². The lowest BCUT2D eigenvalue weighted by molar-refractivity contribution is -0.122. The summed E-state index contributed by atoms with van der Waals surface area (Å²) in [6.07, 6.45) is 6.80. The molecule has 100 valence electrons. The molecule has 3 nitrogen and oxygen atoms in total. The molecule has 0 radical (unpaired) electrons. The highest BCUT2D eigenvalue weighted by molar-refractivity contribution is 5.76. The summed E-state index contributed by atoms with van der Waals surface area (Å²) in [6.45, 7) is 5.86. The number of nitrogens with one attached hydrogen (secondary N) is 1. The maximum Gasteiger partial charge on any atom is 0.220 e. The number of carbonyl (C=O) groups excluding carboxylic acids is 1. The third-order valence-electron chi connectivity index (χ3n) is 4.16. The normalized spacial score (nSPS) is 26.5. The predicted octanol–water partition coefficient (Wildman–Crippen LogP) is 2.30. The first kappa shape index (κ1) is 14.5. The SMILES string of the molecule is CCC(C)CC(=O)NCC1CCCCC1CN. The van der Waals surface area contributed by atoms with Crippen molar-refractivity contribution in [3.8, 4) is 0 Å². The van der Waals surface area contributed by atoms with E-state index in [1.165, 1.54) is 25.7 Å². The van der Waals surface area contributed by atoms with Gasteiger partial charge in [-0.3, -0.25) is 4.79 Å². The van der Waals surface area contributed by atoms with Crippen LogP contribution in [0, 0.1) is 17.8 Å². The molecule has 1 aliphatic rings. The van der Waals surface area contributed by atoms with Gasteiger partial charge < -0.3 is 11.1 Å². The van der Waals surface area contributed by atoms with E-state index >= 15 is 0 Å². The van der Waals surface area contributed by atoms with Crippen molar-refractivity contribution in [2.45, 2.75) is 52.4 Å². The molecular formula is C14H28N2O. The summed E-state index contributed by atoms with van der Waals surface area (Å²) >= 11 is 0. The van der Waals surface area contributed by atoms with Crippen molar-refractivity contribution < 1.29 is 4.79 Å². The second kappa shape index (κ2) is 7.70. The number of amides is 1. The molecule has 1 fully saturated rings. The maximum atomic E-state index is 11.7. The molecule has 3 N–H and O–H groups in total. The van der Waals surface area contributed by atoms with E-state index in [0.29, 0.717) is 24.2 Å². The quantitative estimate of drug-likeness (QED) is 0.748. The minimum absolute atomic E-state index is 0.209. The summed E-state index contributed by atoms with van der Waals surface area (Å²) in [4.78, 5) is 11.7. The summed E-state index contributed by atoms with van der Waals surface area (Å²) in [5.74, 6) is 1.93. The van der Waals surface area contributed by atoms with Crippen LogP contribution in [0.1, 0.15) is 52.4 Å². The molecule has 0 aromatic rings. The van der Waals surface area contributed by atoms with Crippen LogP contribution in [0.5, 0.6) is 0 Å². The molecule has 3 atom stereocenters. The second-order valence-electron chi connectivity index (χ2n) is 5.56. The Hall–Kier alpha value is -0.570. The van der Waals surface area contributed by atoms with Crippen molar-refractivity contribution in [1.82, 2.24) is 5.32 Å². The molecule has 1 aliphatic carbocycles. The van der Waals surface area contributed by atoms with Gasteiger partial charge in [0, 0.05) is 13.0 Å². The van der Waals surface area contributed by atoms with Crippen molar-refractivity contribution in [2.24, 2.45) is 23.5 Å². The van der Waals surface area contributed by atoms with Crippen LogP contribution in [0.2, 0.25) is 0 Å². The van der Waals surface area contributed by atoms with E-state index in [2.05, 4.69) is 19.2 Å². The molecule has 1 saturated carbocycles. The molecule has 0 aliphatic heterocycles. The van der Waals surface area contributed by atoms with Gasteiger partial charge in [-0.2, -0.15) is 0 Å². The molecule has 0 heterocycles. The summed E-state index contributed by atoms with van der Waals surface area (Å²) < 4.78 is 0. The Morgan fingerprint density at radius 3 is 2.59 bits per heavy atom. The zero-order chi connectivity index (χ0) is 12.7. The first-order chi connectivity index (χ1) is 8.17. The Labute approximate surface area is 106 Å². The number of carbonyl (C=O) groups is 1. The Balaban J connectivity index is 2.26. The highest BCUT2D eigenvalue weighted by Gasteiger charge is 2.24. The van der Waals surface area contributed by atoms with Gasteiger partial charge >= 0.3 is 0 Å². The molecule has 0 aromatic carbocycles. The van der Waals surface area contributed by atoms with Crippen LogP contribution in [-0.4, -0.2) is 19.0 Å². The van der Waals surface area contributed by atoms with Crippen molar-refractivity contribution in [1.29, 1.82) is 0 Å². The molecule has 0 bridgehead atoms. The molecule has 0 aromatic heterocycles. The lowest BCUT2D eigenvalue weighted by Crippen LogP contribution is -2.37. The molecule has 3 unspecified atom stereocenters. The Morgan fingerprint density at radius 2 is 2.00 bits per heavy atom. The number of rotatable bonds is 6. The standard InChI is InChI=1S/C14H28N2O/c1-3-11(2)8-14(17)16-10-13-7-5-4-6-12(13)9-15/h11-13H,3-10,15H2,1-2H3,(H,16,17). The molecule has 1 amide bonds. The monoisotopic (exact) mass is 240 g/mol. The fourth-order valence-corrected chi connectivity index (χ4v) is 2.64. The number of hydrogen-bond acceptors (Lipinski definition) is 2. The van der Waals surface area contributed by atoms with Gasteiger partial charge in [-0.1, -0.05) is 33.1 Å². The van der Waals surface area contributed by atoms with Crippen molar-refractivity contribution in [3.05, 3.63) is 0 Å². The largest absolute Gasteiger partial charge is 0.356 e. The fraction of sp³-hybridized carbons (Fsp3) is 0.929. The van der Waals surface area contributed by atoms with Crippen LogP contribution < -0.4 is 11.1 Å². The smallest absolute Gasteiger partial charge is 0.220 e. The van der Waals surface area contributed by atoms with Crippen molar-refractivity contribution >= 4 is 5.91 Å². The average molecular weight is 240 g/mol. The minimum atomic E-state index is 0.209. The van der Waals surface area contributed by atoms with Gasteiger partial charge in [-0.25, -0.2) is 0 Å². The Bertz CT molecular complexity index is 230. The van der Waals surface area contributed by atoms with E-state index in [1.807, 2.05) is 0 Å². The van der Waals surface area contributed by atoms with Crippen LogP contribution in [0.3, 0.4) is 0 Å². The zero-order valence-corrected chi connectivity index (χ0v) is 11.4. The van der Waals surface area contributed by atoms with Gasteiger partial charge in [0.1, 0.15) is 0 Å². The van der Waals surface area contributed by atoms with Crippen LogP contribution in [-0.2, 0) is 4.79 Å². The van der Waals surface area contributed by atoms with Crippen molar-refractivity contribution in [3.63, 3.8) is 0 Å². The first-order valence-corrected chi connectivity index (χ1v) is 7.14. The van der Waals surface area contributed by atoms with E-state index in [1.54, 1.807) is 0 Å². The number of hydrogen-bond donors (Lipinski definition) is 2. The molecular weight excluding hydrogens is 212 g/mol. The van der Waals surface area contributed by atoms with Crippen molar-refractivity contribution in [2.75, 3.05) is 13.1 Å². The van der Waals surface area contributed by atoms with Gasteiger partial charge in [-0.05, 0) is 37.1 Å². The summed E-state index contributed by atoms with van der Waals surface area (Å²) in [6, 6.07) is 0. The first-order valence-electron chi connectivity index (χ1n) is 7.14. The highest BCUT2D eigenvalue weighted by atomic mass is 16.1. The summed E-state index contributed by atoms with van der Waals surface area (Å²) in [5, 5.41) is 3.09. The van der Waals surface area contributed by atoms with E-state index in [-0.39, 0.29) is 5.91 Å². The van der Waals surface area contributed by atoms with Gasteiger partial charge in [0.25, 0.3) is 0 Å². The number of nitrogens with two attached hydrogens (primary N) is 1. The molecule has 1 rings (SSSR count). The molecule has 0 saturated heterocycles. The fourth-order valence-electron chi connectivity index (χ4n) is 2.64. The van der Waals surface area contributed by atoms with Gasteiger partial charge in [0.05, 0.1) is 0 Å². The third kappa shape index (κ3) is 5.07. The predicted molar refractivity (Wildman–Crippen MR) is 71.6 cm³/mol. The Kier molecular flexibility index (Phi) is 6.56. The maximum absolute atomic E-state index is 11.7. The lowest BCUT2D eigenvalue weighted by Gasteiger charge is -2.30. The lowest BCUT2D eigenvalue weighted by atomic mass is 9.79. The van der Waals surface area contributed by atoms with E-state index < -0.39 is 0 Å². The minimum Gasteiger partial charge on any atom is -0.356 e.